The van der Waals surface area contributed by atoms with Gasteiger partial charge in [0, 0.05) is 10.0 Å². The number of benzene rings is 2. The van der Waals surface area contributed by atoms with Gasteiger partial charge in [0.1, 0.15) is 11.6 Å². The first-order chi connectivity index (χ1) is 9.51. The first-order valence-corrected chi connectivity index (χ1v) is 6.71. The molecule has 2 aromatic carbocycles. The number of nitrogens with one attached hydrogen (secondary N) is 1. The van der Waals surface area contributed by atoms with Gasteiger partial charge in [-0.3, -0.25) is 0 Å². The van der Waals surface area contributed by atoms with Gasteiger partial charge in [0.15, 0.2) is 0 Å². The molecule has 0 fully saturated rings. The maximum atomic E-state index is 13.8. The Bertz CT molecular complexity index is 680. The molecule has 5 heteroatoms. The zero-order valence-corrected chi connectivity index (χ0v) is 12.2. The SMILES string of the molecule is CC(Nc1ccc(C#N)cc1F)c1cc(Br)ccc1F. The average Bonchev–Trinajstić information content (AvgIpc) is 2.43. The van der Waals surface area contributed by atoms with E-state index in [-0.39, 0.29) is 17.1 Å². The molecule has 1 atom stereocenters. The van der Waals surface area contributed by atoms with Crippen LogP contribution in [0.1, 0.15) is 24.1 Å². The third-order valence-electron chi connectivity index (χ3n) is 2.89. The highest BCUT2D eigenvalue weighted by atomic mass is 79.9. The molecule has 0 aromatic heterocycles. The van der Waals surface area contributed by atoms with Crippen LogP contribution in [0.15, 0.2) is 40.9 Å². The fourth-order valence-corrected chi connectivity index (χ4v) is 2.24. The number of nitriles is 1. The summed E-state index contributed by atoms with van der Waals surface area (Å²) in [7, 11) is 0. The molecule has 102 valence electrons. The predicted molar refractivity (Wildman–Crippen MR) is 77.3 cm³/mol. The Morgan fingerprint density at radius 1 is 1.15 bits per heavy atom. The number of halogens is 3. The average molecular weight is 337 g/mol. The molecule has 2 rings (SSSR count). The molecule has 0 amide bonds. The standard InChI is InChI=1S/C15H11BrF2N2/c1-9(12-7-11(16)3-4-13(12)17)20-15-5-2-10(8-19)6-14(15)18/h2-7,9,20H,1H3. The molecule has 1 N–H and O–H groups in total. The maximum absolute atomic E-state index is 13.8. The molecule has 0 saturated heterocycles. The molecule has 0 saturated carbocycles. The zero-order valence-electron chi connectivity index (χ0n) is 10.6. The maximum Gasteiger partial charge on any atom is 0.147 e. The lowest BCUT2D eigenvalue weighted by Gasteiger charge is -2.17. The van der Waals surface area contributed by atoms with E-state index in [0.717, 1.165) is 10.5 Å². The molecule has 0 aliphatic heterocycles. The van der Waals surface area contributed by atoms with Gasteiger partial charge in [-0.15, -0.1) is 0 Å². The summed E-state index contributed by atoms with van der Waals surface area (Å²) >= 11 is 3.28. The van der Waals surface area contributed by atoms with Crippen molar-refractivity contribution in [2.75, 3.05) is 5.32 Å². The molecular weight excluding hydrogens is 326 g/mol. The molecule has 1 unspecified atom stereocenters. The molecule has 20 heavy (non-hydrogen) atoms. The molecule has 0 bridgehead atoms. The lowest BCUT2D eigenvalue weighted by molar-refractivity contribution is 0.596. The summed E-state index contributed by atoms with van der Waals surface area (Å²) in [6, 6.07) is 10.2. The fraction of sp³-hybridized carbons (Fsp3) is 0.133. The van der Waals surface area contributed by atoms with Gasteiger partial charge < -0.3 is 5.32 Å². The van der Waals surface area contributed by atoms with Crippen LogP contribution in [0.4, 0.5) is 14.5 Å². The van der Waals surface area contributed by atoms with E-state index in [1.54, 1.807) is 19.1 Å². The van der Waals surface area contributed by atoms with Gasteiger partial charge in [0.05, 0.1) is 23.4 Å². The van der Waals surface area contributed by atoms with Crippen molar-refractivity contribution < 1.29 is 8.78 Å². The van der Waals surface area contributed by atoms with E-state index in [9.17, 15) is 8.78 Å². The molecule has 0 aliphatic carbocycles. The monoisotopic (exact) mass is 336 g/mol. The summed E-state index contributed by atoms with van der Waals surface area (Å²) in [5.74, 6) is -0.895. The summed E-state index contributed by atoms with van der Waals surface area (Å²) in [6.45, 7) is 1.74. The van der Waals surface area contributed by atoms with Crippen molar-refractivity contribution in [3.8, 4) is 6.07 Å². The molecule has 0 heterocycles. The summed E-state index contributed by atoms with van der Waals surface area (Å²) in [5, 5.41) is 11.6. The van der Waals surface area contributed by atoms with Crippen LogP contribution in [-0.2, 0) is 0 Å². The second-order valence-electron chi connectivity index (χ2n) is 4.34. The Morgan fingerprint density at radius 3 is 2.55 bits per heavy atom. The molecule has 2 nitrogen and oxygen atoms in total. The largest absolute Gasteiger partial charge is 0.376 e. The van der Waals surface area contributed by atoms with Crippen molar-refractivity contribution in [3.63, 3.8) is 0 Å². The van der Waals surface area contributed by atoms with Gasteiger partial charge in [-0.1, -0.05) is 15.9 Å². The Labute approximate surface area is 124 Å². The van der Waals surface area contributed by atoms with Gasteiger partial charge >= 0.3 is 0 Å². The Hall–Kier alpha value is -1.93. The summed E-state index contributed by atoms with van der Waals surface area (Å²) in [5.41, 5.74) is 0.911. The number of anilines is 1. The summed E-state index contributed by atoms with van der Waals surface area (Å²) in [4.78, 5) is 0. The first-order valence-electron chi connectivity index (χ1n) is 5.92. The third kappa shape index (κ3) is 3.14. The lowest BCUT2D eigenvalue weighted by Crippen LogP contribution is -2.10. The van der Waals surface area contributed by atoms with Crippen LogP contribution in [0, 0.1) is 23.0 Å². The van der Waals surface area contributed by atoms with Crippen LogP contribution < -0.4 is 5.32 Å². The highest BCUT2D eigenvalue weighted by Gasteiger charge is 2.13. The van der Waals surface area contributed by atoms with E-state index in [1.165, 1.54) is 18.2 Å². The van der Waals surface area contributed by atoms with E-state index in [0.29, 0.717) is 5.56 Å². The second-order valence-corrected chi connectivity index (χ2v) is 5.25. The zero-order chi connectivity index (χ0) is 14.7. The molecule has 0 spiro atoms. The highest BCUT2D eigenvalue weighted by Crippen LogP contribution is 2.26. The Kier molecular flexibility index (Phi) is 4.35. The third-order valence-corrected chi connectivity index (χ3v) is 3.39. The molecular formula is C15H11BrF2N2. The lowest BCUT2D eigenvalue weighted by atomic mass is 10.1. The van der Waals surface area contributed by atoms with Crippen molar-refractivity contribution in [1.82, 2.24) is 0 Å². The van der Waals surface area contributed by atoms with Crippen molar-refractivity contribution in [1.29, 1.82) is 5.26 Å². The van der Waals surface area contributed by atoms with Crippen LogP contribution in [0.2, 0.25) is 0 Å². The van der Waals surface area contributed by atoms with Crippen molar-refractivity contribution in [3.05, 3.63) is 63.6 Å². The van der Waals surface area contributed by atoms with Crippen LogP contribution in [0.3, 0.4) is 0 Å². The predicted octanol–water partition coefficient (Wildman–Crippen LogP) is 4.77. The Balaban J connectivity index is 2.26. The van der Waals surface area contributed by atoms with Gasteiger partial charge in [-0.25, -0.2) is 8.78 Å². The highest BCUT2D eigenvalue weighted by molar-refractivity contribution is 9.10. The molecule has 0 aliphatic rings. The minimum Gasteiger partial charge on any atom is -0.376 e. The number of nitrogens with zero attached hydrogens (tertiary/aromatic N) is 1. The normalized spacial score (nSPS) is 11.8. The fourth-order valence-electron chi connectivity index (χ4n) is 1.86. The quantitative estimate of drug-likeness (QED) is 0.876. The van der Waals surface area contributed by atoms with E-state index < -0.39 is 11.9 Å². The van der Waals surface area contributed by atoms with Gasteiger partial charge in [0.2, 0.25) is 0 Å². The van der Waals surface area contributed by atoms with E-state index in [4.69, 9.17) is 5.26 Å². The summed E-state index contributed by atoms with van der Waals surface area (Å²) in [6.07, 6.45) is 0. The minimum absolute atomic E-state index is 0.232. The number of hydrogen-bond acceptors (Lipinski definition) is 2. The minimum atomic E-state index is -0.536. The van der Waals surface area contributed by atoms with Crippen LogP contribution >= 0.6 is 15.9 Å². The molecule has 2 aromatic rings. The first kappa shape index (κ1) is 14.5. The van der Waals surface area contributed by atoms with Crippen molar-refractivity contribution in [2.45, 2.75) is 13.0 Å². The van der Waals surface area contributed by atoms with Crippen LogP contribution in [-0.4, -0.2) is 0 Å². The Morgan fingerprint density at radius 2 is 1.90 bits per heavy atom. The second kappa shape index (κ2) is 6.02. The topological polar surface area (TPSA) is 35.8 Å². The van der Waals surface area contributed by atoms with E-state index in [2.05, 4.69) is 21.2 Å². The van der Waals surface area contributed by atoms with Gasteiger partial charge in [0.25, 0.3) is 0 Å². The summed E-state index contributed by atoms with van der Waals surface area (Å²) < 4.78 is 28.3. The molecule has 0 radical (unpaired) electrons. The van der Waals surface area contributed by atoms with Gasteiger partial charge in [-0.2, -0.15) is 5.26 Å². The number of hydrogen-bond donors (Lipinski definition) is 1. The van der Waals surface area contributed by atoms with E-state index >= 15 is 0 Å². The smallest absolute Gasteiger partial charge is 0.147 e. The van der Waals surface area contributed by atoms with E-state index in [1.807, 2.05) is 6.07 Å². The van der Waals surface area contributed by atoms with Crippen LogP contribution in [0.5, 0.6) is 0 Å². The van der Waals surface area contributed by atoms with Crippen LogP contribution in [0.25, 0.3) is 0 Å². The van der Waals surface area contributed by atoms with Crippen molar-refractivity contribution in [2.24, 2.45) is 0 Å². The number of rotatable bonds is 3. The van der Waals surface area contributed by atoms with Gasteiger partial charge in [-0.05, 0) is 43.3 Å². The van der Waals surface area contributed by atoms with Crippen molar-refractivity contribution >= 4 is 21.6 Å².